The number of ether oxygens (including phenoxy) is 1. The predicted octanol–water partition coefficient (Wildman–Crippen LogP) is 5.46. The molecule has 3 aromatic rings. The van der Waals surface area contributed by atoms with Crippen LogP contribution in [-0.2, 0) is 4.74 Å². The molecular formula is C28H30FN3O3. The fourth-order valence-corrected chi connectivity index (χ4v) is 5.30. The van der Waals surface area contributed by atoms with Crippen LogP contribution in [0, 0.1) is 17.7 Å². The lowest BCUT2D eigenvalue weighted by Gasteiger charge is -2.35. The number of hydrogen-bond acceptors (Lipinski definition) is 4. The first kappa shape index (κ1) is 23.3. The highest BCUT2D eigenvalue weighted by Crippen LogP contribution is 2.43. The van der Waals surface area contributed by atoms with Crippen molar-refractivity contribution >= 4 is 11.9 Å². The molecule has 2 aromatic carbocycles. The van der Waals surface area contributed by atoms with Crippen molar-refractivity contribution in [3.05, 3.63) is 71.3 Å². The van der Waals surface area contributed by atoms with Crippen LogP contribution in [0.25, 0.3) is 16.8 Å². The predicted molar refractivity (Wildman–Crippen MR) is 131 cm³/mol. The van der Waals surface area contributed by atoms with Crippen molar-refractivity contribution in [1.29, 1.82) is 0 Å². The van der Waals surface area contributed by atoms with Crippen molar-refractivity contribution in [3.63, 3.8) is 0 Å². The summed E-state index contributed by atoms with van der Waals surface area (Å²) in [5.41, 5.74) is 3.13. The average molecular weight is 476 g/mol. The standard InChI is InChI=1S/C28H30FN3O3/c1-17-12-18(2)16-31(15-17)27(33)23-9-5-8-22(25(23)29)20-6-4-7-21(13-20)32-26(19-10-11-19)24(14-30-32)28(34)35-3/h4-9,13-14,17-19H,10-12,15-16H2,1-3H3. The Morgan fingerprint density at radius 2 is 1.74 bits per heavy atom. The van der Waals surface area contributed by atoms with E-state index in [9.17, 15) is 9.59 Å². The zero-order chi connectivity index (χ0) is 24.7. The third kappa shape index (κ3) is 4.47. The molecule has 2 unspecified atom stereocenters. The average Bonchev–Trinajstić information content (AvgIpc) is 3.60. The molecule has 1 saturated heterocycles. The first-order chi connectivity index (χ1) is 16.9. The molecule has 1 amide bonds. The number of esters is 1. The van der Waals surface area contributed by atoms with Gasteiger partial charge in [-0.3, -0.25) is 4.79 Å². The minimum absolute atomic E-state index is 0.0972. The van der Waals surface area contributed by atoms with E-state index in [1.54, 1.807) is 27.8 Å². The van der Waals surface area contributed by atoms with E-state index < -0.39 is 11.8 Å². The summed E-state index contributed by atoms with van der Waals surface area (Å²) in [6.07, 6.45) is 4.59. The van der Waals surface area contributed by atoms with Gasteiger partial charge in [-0.1, -0.05) is 38.1 Å². The Bertz CT molecular complexity index is 1270. The molecule has 5 rings (SSSR count). The summed E-state index contributed by atoms with van der Waals surface area (Å²) in [7, 11) is 1.36. The molecule has 2 fully saturated rings. The summed E-state index contributed by atoms with van der Waals surface area (Å²) in [5, 5.41) is 4.46. The fraction of sp³-hybridized carbons (Fsp3) is 0.393. The van der Waals surface area contributed by atoms with E-state index in [4.69, 9.17) is 4.74 Å². The molecule has 1 saturated carbocycles. The van der Waals surface area contributed by atoms with Crippen molar-refractivity contribution < 1.29 is 18.7 Å². The zero-order valence-electron chi connectivity index (χ0n) is 20.3. The lowest BCUT2D eigenvalue weighted by atomic mass is 9.91. The fourth-order valence-electron chi connectivity index (χ4n) is 5.30. The van der Waals surface area contributed by atoms with E-state index in [1.807, 2.05) is 24.3 Å². The van der Waals surface area contributed by atoms with Gasteiger partial charge in [-0.15, -0.1) is 0 Å². The van der Waals surface area contributed by atoms with Gasteiger partial charge < -0.3 is 9.64 Å². The molecule has 7 heteroatoms. The second-order valence-corrected chi connectivity index (χ2v) is 9.99. The van der Waals surface area contributed by atoms with Gasteiger partial charge in [0.05, 0.1) is 30.3 Å². The van der Waals surface area contributed by atoms with Crippen molar-refractivity contribution in [1.82, 2.24) is 14.7 Å². The molecule has 2 aliphatic rings. The molecule has 1 aliphatic heterocycles. The number of aromatic nitrogens is 2. The maximum absolute atomic E-state index is 15.7. The van der Waals surface area contributed by atoms with E-state index in [0.29, 0.717) is 41.6 Å². The van der Waals surface area contributed by atoms with Crippen LogP contribution in [0.15, 0.2) is 48.7 Å². The first-order valence-corrected chi connectivity index (χ1v) is 12.2. The van der Waals surface area contributed by atoms with Crippen molar-refractivity contribution in [2.45, 2.75) is 39.0 Å². The molecule has 1 aromatic heterocycles. The molecule has 0 bridgehead atoms. The van der Waals surface area contributed by atoms with Gasteiger partial charge in [-0.25, -0.2) is 13.9 Å². The van der Waals surface area contributed by atoms with Gasteiger partial charge in [-0.2, -0.15) is 5.10 Å². The van der Waals surface area contributed by atoms with Crippen molar-refractivity contribution in [3.8, 4) is 16.8 Å². The lowest BCUT2D eigenvalue weighted by Crippen LogP contribution is -2.42. The number of likely N-dealkylation sites (tertiary alicyclic amines) is 1. The van der Waals surface area contributed by atoms with E-state index in [-0.39, 0.29) is 17.4 Å². The van der Waals surface area contributed by atoms with Gasteiger partial charge in [0.25, 0.3) is 5.91 Å². The minimum atomic E-state index is -0.515. The molecule has 35 heavy (non-hydrogen) atoms. The van der Waals surface area contributed by atoms with Gasteiger partial charge in [-0.05, 0) is 54.9 Å². The van der Waals surface area contributed by atoms with E-state index in [0.717, 1.165) is 30.6 Å². The summed E-state index contributed by atoms with van der Waals surface area (Å²) in [6, 6.07) is 12.4. The molecule has 1 aliphatic carbocycles. The smallest absolute Gasteiger partial charge is 0.341 e. The van der Waals surface area contributed by atoms with Crippen LogP contribution in [-0.4, -0.2) is 46.8 Å². The highest BCUT2D eigenvalue weighted by atomic mass is 19.1. The highest BCUT2D eigenvalue weighted by molar-refractivity contribution is 5.96. The monoisotopic (exact) mass is 475 g/mol. The molecule has 2 atom stereocenters. The highest BCUT2D eigenvalue weighted by Gasteiger charge is 2.33. The zero-order valence-corrected chi connectivity index (χ0v) is 20.3. The number of rotatable bonds is 5. The number of methoxy groups -OCH3 is 1. The van der Waals surface area contributed by atoms with Crippen molar-refractivity contribution in [2.24, 2.45) is 11.8 Å². The van der Waals surface area contributed by atoms with Crippen LogP contribution in [0.2, 0.25) is 0 Å². The topological polar surface area (TPSA) is 64.4 Å². The molecule has 0 N–H and O–H groups in total. The maximum atomic E-state index is 15.7. The Morgan fingerprint density at radius 1 is 1.03 bits per heavy atom. The number of amides is 1. The van der Waals surface area contributed by atoms with Crippen LogP contribution in [0.1, 0.15) is 65.4 Å². The number of benzene rings is 2. The molecule has 2 heterocycles. The normalized spacial score (nSPS) is 20.1. The van der Waals surface area contributed by atoms with E-state index in [2.05, 4.69) is 18.9 Å². The van der Waals surface area contributed by atoms with Crippen LogP contribution < -0.4 is 0 Å². The third-order valence-electron chi connectivity index (χ3n) is 6.96. The van der Waals surface area contributed by atoms with Crippen LogP contribution in [0.4, 0.5) is 4.39 Å². The summed E-state index contributed by atoms with van der Waals surface area (Å²) in [4.78, 5) is 27.3. The first-order valence-electron chi connectivity index (χ1n) is 12.2. The summed E-state index contributed by atoms with van der Waals surface area (Å²) < 4.78 is 22.4. The molecule has 0 radical (unpaired) electrons. The number of hydrogen-bond donors (Lipinski definition) is 0. The Kier molecular flexibility index (Phi) is 6.17. The second-order valence-electron chi connectivity index (χ2n) is 9.99. The van der Waals surface area contributed by atoms with Gasteiger partial charge in [0.1, 0.15) is 11.4 Å². The largest absolute Gasteiger partial charge is 0.465 e. The second kappa shape index (κ2) is 9.29. The number of carbonyl (C=O) groups excluding carboxylic acids is 2. The van der Waals surface area contributed by atoms with Gasteiger partial charge in [0.2, 0.25) is 0 Å². The van der Waals surface area contributed by atoms with Crippen molar-refractivity contribution in [2.75, 3.05) is 20.2 Å². The van der Waals surface area contributed by atoms with Crippen LogP contribution in [0.5, 0.6) is 0 Å². The SMILES string of the molecule is COC(=O)c1cnn(-c2cccc(-c3cccc(C(=O)N4CC(C)CC(C)C4)c3F)c2)c1C1CC1. The molecular weight excluding hydrogens is 445 g/mol. The maximum Gasteiger partial charge on any atom is 0.341 e. The number of piperidine rings is 1. The van der Waals surface area contributed by atoms with Gasteiger partial charge in [0.15, 0.2) is 0 Å². The lowest BCUT2D eigenvalue weighted by molar-refractivity contribution is 0.0597. The summed E-state index contributed by atoms with van der Waals surface area (Å²) >= 11 is 0. The summed E-state index contributed by atoms with van der Waals surface area (Å²) in [6.45, 7) is 5.55. The molecule has 182 valence electrons. The summed E-state index contributed by atoms with van der Waals surface area (Å²) in [5.74, 6) is -0.135. The number of halogens is 1. The Balaban J connectivity index is 1.50. The molecule has 6 nitrogen and oxygen atoms in total. The van der Waals surface area contributed by atoms with Gasteiger partial charge in [0, 0.05) is 24.6 Å². The van der Waals surface area contributed by atoms with Gasteiger partial charge >= 0.3 is 5.97 Å². The number of carbonyl (C=O) groups is 2. The Hall–Kier alpha value is -3.48. The molecule has 0 spiro atoms. The minimum Gasteiger partial charge on any atom is -0.465 e. The van der Waals surface area contributed by atoms with E-state index in [1.165, 1.54) is 13.3 Å². The third-order valence-corrected chi connectivity index (χ3v) is 6.96. The van der Waals surface area contributed by atoms with E-state index >= 15 is 4.39 Å². The quantitative estimate of drug-likeness (QED) is 0.460. The Labute approximate surface area is 204 Å². The Morgan fingerprint density at radius 3 is 2.43 bits per heavy atom. The van der Waals surface area contributed by atoms with Crippen LogP contribution in [0.3, 0.4) is 0 Å². The number of nitrogens with zero attached hydrogens (tertiary/aromatic N) is 3. The van der Waals surface area contributed by atoms with Crippen LogP contribution >= 0.6 is 0 Å².